The fourth-order valence-electron chi connectivity index (χ4n) is 2.75. The van der Waals surface area contributed by atoms with Gasteiger partial charge < -0.3 is 5.32 Å². The molecule has 1 aromatic carbocycles. The quantitative estimate of drug-likeness (QED) is 0.889. The van der Waals surface area contributed by atoms with Crippen LogP contribution in [0.2, 0.25) is 0 Å². The number of aryl methyl sites for hydroxylation is 1. The van der Waals surface area contributed by atoms with Crippen molar-refractivity contribution in [3.05, 3.63) is 45.6 Å². The average molecular weight is 350 g/mol. The molecule has 1 aliphatic rings. The van der Waals surface area contributed by atoms with Crippen LogP contribution in [0.5, 0.6) is 0 Å². The van der Waals surface area contributed by atoms with Crippen LogP contribution in [-0.4, -0.2) is 20.6 Å². The lowest BCUT2D eigenvalue weighted by Crippen LogP contribution is -2.17. The number of para-hydroxylation sites is 2. The van der Waals surface area contributed by atoms with Crippen LogP contribution >= 0.6 is 11.3 Å². The summed E-state index contributed by atoms with van der Waals surface area (Å²) in [4.78, 5) is 13.9. The fourth-order valence-corrected chi connectivity index (χ4v) is 4.46. The number of rotatable bonds is 4. The summed E-state index contributed by atoms with van der Waals surface area (Å²) in [5.41, 5.74) is 2.68. The van der Waals surface area contributed by atoms with Gasteiger partial charge in [-0.05, 0) is 43.4 Å². The number of fused-ring (bicyclic) bond motifs is 1. The fraction of sp³-hybridized carbons (Fsp3) is 0.312. The summed E-state index contributed by atoms with van der Waals surface area (Å²) in [6, 6.07) is 6.78. The highest BCUT2D eigenvalue weighted by atomic mass is 32.2. The first kappa shape index (κ1) is 16.0. The number of nitrogens with one attached hydrogen (secondary N) is 2. The van der Waals surface area contributed by atoms with E-state index in [0.29, 0.717) is 16.9 Å². The van der Waals surface area contributed by atoms with Gasteiger partial charge in [-0.3, -0.25) is 9.52 Å². The summed E-state index contributed by atoms with van der Waals surface area (Å²) in [6.45, 7) is 0. The minimum absolute atomic E-state index is 0.188. The molecule has 0 spiro atoms. The van der Waals surface area contributed by atoms with Crippen molar-refractivity contribution < 1.29 is 13.2 Å². The second-order valence-corrected chi connectivity index (χ2v) is 8.34. The van der Waals surface area contributed by atoms with E-state index in [1.54, 1.807) is 35.6 Å². The molecule has 0 saturated heterocycles. The largest absolute Gasteiger partial charge is 0.320 e. The summed E-state index contributed by atoms with van der Waals surface area (Å²) < 4.78 is 25.3. The van der Waals surface area contributed by atoms with Crippen LogP contribution in [0, 0.1) is 0 Å². The van der Waals surface area contributed by atoms with E-state index in [-0.39, 0.29) is 5.91 Å². The molecule has 0 saturated carbocycles. The van der Waals surface area contributed by atoms with Gasteiger partial charge in [-0.2, -0.15) is 0 Å². The van der Waals surface area contributed by atoms with E-state index in [0.717, 1.165) is 31.1 Å². The van der Waals surface area contributed by atoms with Crippen LogP contribution in [0.25, 0.3) is 0 Å². The van der Waals surface area contributed by atoms with Crippen molar-refractivity contribution in [2.75, 3.05) is 16.3 Å². The van der Waals surface area contributed by atoms with Crippen LogP contribution in [0.3, 0.4) is 0 Å². The molecule has 23 heavy (non-hydrogen) atoms. The number of thiophene rings is 1. The number of hydrogen-bond donors (Lipinski definition) is 2. The van der Waals surface area contributed by atoms with Crippen LogP contribution in [0.4, 0.5) is 11.4 Å². The van der Waals surface area contributed by atoms with Gasteiger partial charge in [0.15, 0.2) is 0 Å². The molecule has 0 atom stereocenters. The predicted molar refractivity (Wildman–Crippen MR) is 93.8 cm³/mol. The molecule has 7 heteroatoms. The summed E-state index contributed by atoms with van der Waals surface area (Å²) in [5, 5.41) is 4.73. The van der Waals surface area contributed by atoms with Crippen molar-refractivity contribution in [2.24, 2.45) is 0 Å². The van der Waals surface area contributed by atoms with E-state index in [1.807, 2.05) is 5.38 Å². The molecule has 0 unspecified atom stereocenters. The molecule has 0 fully saturated rings. The first-order chi connectivity index (χ1) is 10.9. The maximum Gasteiger partial charge on any atom is 0.256 e. The monoisotopic (exact) mass is 350 g/mol. The van der Waals surface area contributed by atoms with Gasteiger partial charge in [0.05, 0.1) is 23.2 Å². The average Bonchev–Trinajstić information content (AvgIpc) is 2.92. The van der Waals surface area contributed by atoms with E-state index in [2.05, 4.69) is 10.0 Å². The Bertz CT molecular complexity index is 841. The van der Waals surface area contributed by atoms with E-state index in [9.17, 15) is 13.2 Å². The molecule has 122 valence electrons. The second kappa shape index (κ2) is 6.33. The third kappa shape index (κ3) is 3.73. The Morgan fingerprint density at radius 2 is 1.83 bits per heavy atom. The van der Waals surface area contributed by atoms with Gasteiger partial charge >= 0.3 is 0 Å². The van der Waals surface area contributed by atoms with Crippen molar-refractivity contribution in [3.8, 4) is 0 Å². The molecule has 1 heterocycles. The highest BCUT2D eigenvalue weighted by Crippen LogP contribution is 2.31. The molecule has 3 rings (SSSR count). The number of amides is 1. The Hall–Kier alpha value is -1.86. The van der Waals surface area contributed by atoms with Gasteiger partial charge in [-0.1, -0.05) is 12.1 Å². The maximum atomic E-state index is 12.6. The molecule has 5 nitrogen and oxygen atoms in total. The molecule has 0 radical (unpaired) electrons. The number of sulfonamides is 1. The van der Waals surface area contributed by atoms with Crippen molar-refractivity contribution in [2.45, 2.75) is 25.7 Å². The summed E-state index contributed by atoms with van der Waals surface area (Å²) in [7, 11) is -3.40. The number of benzene rings is 1. The zero-order chi connectivity index (χ0) is 16.4. The third-order valence-corrected chi connectivity index (χ3v) is 5.46. The van der Waals surface area contributed by atoms with Gasteiger partial charge in [0.1, 0.15) is 0 Å². The zero-order valence-corrected chi connectivity index (χ0v) is 14.4. The van der Waals surface area contributed by atoms with E-state index >= 15 is 0 Å². The topological polar surface area (TPSA) is 75.3 Å². The van der Waals surface area contributed by atoms with Crippen LogP contribution in [-0.2, 0) is 22.9 Å². The third-order valence-electron chi connectivity index (χ3n) is 3.78. The Kier molecular flexibility index (Phi) is 4.41. The number of carbonyl (C=O) groups is 1. The lowest BCUT2D eigenvalue weighted by Gasteiger charge is -2.14. The Balaban J connectivity index is 1.85. The smallest absolute Gasteiger partial charge is 0.256 e. The Morgan fingerprint density at radius 3 is 2.57 bits per heavy atom. The number of anilines is 2. The highest BCUT2D eigenvalue weighted by Gasteiger charge is 2.20. The number of carbonyl (C=O) groups excluding carboxylic acids is 1. The molecule has 1 aromatic heterocycles. The van der Waals surface area contributed by atoms with Gasteiger partial charge in [0.25, 0.3) is 5.91 Å². The second-order valence-electron chi connectivity index (χ2n) is 5.63. The molecule has 0 bridgehead atoms. The lowest BCUT2D eigenvalue weighted by atomic mass is 9.95. The lowest BCUT2D eigenvalue weighted by molar-refractivity contribution is 0.102. The van der Waals surface area contributed by atoms with Crippen LogP contribution < -0.4 is 10.0 Å². The minimum atomic E-state index is -3.40. The molecular weight excluding hydrogens is 332 g/mol. The van der Waals surface area contributed by atoms with Gasteiger partial charge in [-0.15, -0.1) is 11.3 Å². The first-order valence-corrected chi connectivity index (χ1v) is 10.2. The number of hydrogen-bond acceptors (Lipinski definition) is 4. The van der Waals surface area contributed by atoms with E-state index in [1.165, 1.54) is 11.3 Å². The molecular formula is C16H18N2O3S2. The zero-order valence-electron chi connectivity index (χ0n) is 12.8. The van der Waals surface area contributed by atoms with Crippen molar-refractivity contribution in [1.29, 1.82) is 0 Å². The van der Waals surface area contributed by atoms with Crippen molar-refractivity contribution >= 4 is 38.6 Å². The predicted octanol–water partition coefficient (Wildman–Crippen LogP) is 3.25. The Morgan fingerprint density at radius 1 is 1.13 bits per heavy atom. The van der Waals surface area contributed by atoms with Gasteiger partial charge in [0.2, 0.25) is 10.0 Å². The normalized spacial score (nSPS) is 14.1. The molecule has 2 N–H and O–H groups in total. The molecule has 2 aromatic rings. The van der Waals surface area contributed by atoms with Gasteiger partial charge in [-0.25, -0.2) is 8.42 Å². The van der Waals surface area contributed by atoms with Gasteiger partial charge in [0, 0.05) is 10.3 Å². The molecule has 1 aliphatic carbocycles. The molecule has 0 aliphatic heterocycles. The van der Waals surface area contributed by atoms with E-state index in [4.69, 9.17) is 0 Å². The minimum Gasteiger partial charge on any atom is -0.320 e. The van der Waals surface area contributed by atoms with Crippen LogP contribution in [0.15, 0.2) is 29.6 Å². The summed E-state index contributed by atoms with van der Waals surface area (Å²) in [6.07, 6.45) is 5.34. The summed E-state index contributed by atoms with van der Waals surface area (Å²) in [5.74, 6) is -0.188. The molecule has 1 amide bonds. The highest BCUT2D eigenvalue weighted by molar-refractivity contribution is 7.92. The SMILES string of the molecule is CS(=O)(=O)Nc1ccccc1NC(=O)c1csc2c1CCCC2. The first-order valence-electron chi connectivity index (χ1n) is 7.41. The Labute approximate surface area is 139 Å². The summed E-state index contributed by atoms with van der Waals surface area (Å²) >= 11 is 1.63. The van der Waals surface area contributed by atoms with Crippen LogP contribution in [0.1, 0.15) is 33.6 Å². The van der Waals surface area contributed by atoms with E-state index < -0.39 is 10.0 Å². The van der Waals surface area contributed by atoms with Crippen molar-refractivity contribution in [3.63, 3.8) is 0 Å². The maximum absolute atomic E-state index is 12.6. The van der Waals surface area contributed by atoms with Crippen molar-refractivity contribution in [1.82, 2.24) is 0 Å². The standard InChI is InChI=1S/C16H18N2O3S2/c1-23(20,21)18-14-8-4-3-7-13(14)17-16(19)12-10-22-15-9-5-2-6-11(12)15/h3-4,7-8,10,18H,2,5-6,9H2,1H3,(H,17,19).